The van der Waals surface area contributed by atoms with Gasteiger partial charge >= 0.3 is 11.9 Å². The second-order valence-electron chi connectivity index (χ2n) is 4.08. The quantitative estimate of drug-likeness (QED) is 0.506. The number of hydrogen-bond acceptors (Lipinski definition) is 3. The smallest absolute Gasteiger partial charge is 0.394 e. The lowest BCUT2D eigenvalue weighted by Crippen LogP contribution is -2.36. The van der Waals surface area contributed by atoms with Crippen LogP contribution in [0.3, 0.4) is 0 Å². The first-order valence-electron chi connectivity index (χ1n) is 4.80. The summed E-state index contributed by atoms with van der Waals surface area (Å²) in [5.41, 5.74) is 0. The van der Waals surface area contributed by atoms with Gasteiger partial charge in [0.05, 0.1) is 6.10 Å². The molecule has 1 aliphatic heterocycles. The summed E-state index contributed by atoms with van der Waals surface area (Å²) in [5.74, 6) is -1.85. The Balaban J connectivity index is 2.02. The third-order valence-electron chi connectivity index (χ3n) is 3.29. The van der Waals surface area contributed by atoms with Crippen molar-refractivity contribution in [3.8, 4) is 0 Å². The van der Waals surface area contributed by atoms with Crippen LogP contribution >= 0.6 is 0 Å². The van der Waals surface area contributed by atoms with E-state index in [-0.39, 0.29) is 12.0 Å². The minimum atomic E-state index is -1.40. The number of carboxylic acid groups (broad SMARTS) is 1. The molecule has 0 bridgehead atoms. The van der Waals surface area contributed by atoms with E-state index in [4.69, 9.17) is 5.11 Å². The van der Waals surface area contributed by atoms with Gasteiger partial charge in [0.2, 0.25) is 0 Å². The van der Waals surface area contributed by atoms with Gasteiger partial charge in [-0.15, -0.1) is 0 Å². The van der Waals surface area contributed by atoms with Gasteiger partial charge < -0.3 is 15.1 Å². The van der Waals surface area contributed by atoms with Crippen molar-refractivity contribution in [1.82, 2.24) is 4.90 Å². The number of hydrogen-bond donors (Lipinski definition) is 2. The van der Waals surface area contributed by atoms with E-state index < -0.39 is 11.9 Å². The fourth-order valence-electron chi connectivity index (χ4n) is 2.54. The number of rotatable bonds is 0. The molecule has 1 amide bonds. The number of nitrogens with zero attached hydrogens (tertiary/aromatic N) is 1. The van der Waals surface area contributed by atoms with Gasteiger partial charge in [-0.1, -0.05) is 0 Å². The molecule has 2 fully saturated rings. The highest BCUT2D eigenvalue weighted by molar-refractivity contribution is 6.31. The fraction of sp³-hybridized carbons (Fsp3) is 0.778. The number of likely N-dealkylation sites (tertiary alicyclic amines) is 1. The van der Waals surface area contributed by atoms with Gasteiger partial charge in [0.15, 0.2) is 0 Å². The summed E-state index contributed by atoms with van der Waals surface area (Å²) >= 11 is 0. The normalized spacial score (nSPS) is 35.8. The predicted octanol–water partition coefficient (Wildman–Crippen LogP) is -0.700. The van der Waals surface area contributed by atoms with Crippen LogP contribution in [-0.4, -0.2) is 46.2 Å². The Kier molecular flexibility index (Phi) is 2.19. The van der Waals surface area contributed by atoms with Crippen LogP contribution in [0.1, 0.15) is 12.8 Å². The van der Waals surface area contributed by atoms with Crippen molar-refractivity contribution < 1.29 is 19.8 Å². The van der Waals surface area contributed by atoms with Gasteiger partial charge in [-0.25, -0.2) is 4.79 Å². The Bertz CT molecular complexity index is 278. The van der Waals surface area contributed by atoms with Gasteiger partial charge in [-0.3, -0.25) is 4.79 Å². The van der Waals surface area contributed by atoms with Crippen LogP contribution in [-0.2, 0) is 9.59 Å². The summed E-state index contributed by atoms with van der Waals surface area (Å²) in [5, 5.41) is 18.1. The third-order valence-corrected chi connectivity index (χ3v) is 3.29. The van der Waals surface area contributed by atoms with E-state index in [0.717, 1.165) is 12.8 Å². The molecule has 2 rings (SSSR count). The molecule has 0 aromatic carbocycles. The molecule has 1 saturated carbocycles. The third kappa shape index (κ3) is 1.37. The van der Waals surface area contributed by atoms with E-state index in [9.17, 15) is 14.7 Å². The molecule has 5 nitrogen and oxygen atoms in total. The zero-order valence-electron chi connectivity index (χ0n) is 7.72. The SMILES string of the molecule is O=C(O)C(=O)N1CC2CCC(O)C2C1. The van der Waals surface area contributed by atoms with Crippen molar-refractivity contribution in [2.45, 2.75) is 18.9 Å². The Hall–Kier alpha value is -1.10. The van der Waals surface area contributed by atoms with Gasteiger partial charge in [0.1, 0.15) is 0 Å². The molecule has 3 unspecified atom stereocenters. The largest absolute Gasteiger partial charge is 0.474 e. The summed E-state index contributed by atoms with van der Waals surface area (Å²) in [7, 11) is 0. The highest BCUT2D eigenvalue weighted by atomic mass is 16.4. The number of aliphatic hydroxyl groups is 1. The van der Waals surface area contributed by atoms with Gasteiger partial charge in [-0.05, 0) is 18.8 Å². The lowest BCUT2D eigenvalue weighted by Gasteiger charge is -2.15. The molecule has 1 heterocycles. The fourth-order valence-corrected chi connectivity index (χ4v) is 2.54. The number of amides is 1. The first-order chi connectivity index (χ1) is 6.59. The maximum atomic E-state index is 11.1. The van der Waals surface area contributed by atoms with Crippen molar-refractivity contribution in [3.05, 3.63) is 0 Å². The van der Waals surface area contributed by atoms with E-state index >= 15 is 0 Å². The Morgan fingerprint density at radius 1 is 1.21 bits per heavy atom. The zero-order valence-corrected chi connectivity index (χ0v) is 7.72. The van der Waals surface area contributed by atoms with Gasteiger partial charge in [0, 0.05) is 19.0 Å². The topological polar surface area (TPSA) is 77.8 Å². The maximum Gasteiger partial charge on any atom is 0.394 e. The molecular weight excluding hydrogens is 186 g/mol. The lowest BCUT2D eigenvalue weighted by atomic mass is 10.00. The van der Waals surface area contributed by atoms with Crippen LogP contribution in [0.15, 0.2) is 0 Å². The Morgan fingerprint density at radius 2 is 1.93 bits per heavy atom. The van der Waals surface area contributed by atoms with Crippen LogP contribution in [0.5, 0.6) is 0 Å². The van der Waals surface area contributed by atoms with E-state index in [0.29, 0.717) is 19.0 Å². The van der Waals surface area contributed by atoms with Gasteiger partial charge in [-0.2, -0.15) is 0 Å². The van der Waals surface area contributed by atoms with Crippen molar-refractivity contribution >= 4 is 11.9 Å². The second kappa shape index (κ2) is 3.24. The molecule has 2 N–H and O–H groups in total. The summed E-state index contributed by atoms with van der Waals surface area (Å²) in [6.07, 6.45) is 1.33. The minimum Gasteiger partial charge on any atom is -0.474 e. The van der Waals surface area contributed by atoms with Crippen LogP contribution in [0.4, 0.5) is 0 Å². The highest BCUT2D eigenvalue weighted by Gasteiger charge is 2.44. The number of carboxylic acids is 1. The molecule has 2 aliphatic rings. The van der Waals surface area contributed by atoms with Crippen molar-refractivity contribution in [2.75, 3.05) is 13.1 Å². The molecule has 14 heavy (non-hydrogen) atoms. The number of aliphatic hydroxyl groups excluding tert-OH is 1. The number of fused-ring (bicyclic) bond motifs is 1. The first kappa shape index (κ1) is 9.45. The summed E-state index contributed by atoms with van der Waals surface area (Å²) in [6, 6.07) is 0. The van der Waals surface area contributed by atoms with Crippen molar-refractivity contribution in [2.24, 2.45) is 11.8 Å². The summed E-state index contributed by atoms with van der Waals surface area (Å²) < 4.78 is 0. The van der Waals surface area contributed by atoms with E-state index in [1.807, 2.05) is 0 Å². The minimum absolute atomic E-state index is 0.0956. The Labute approximate surface area is 81.3 Å². The average molecular weight is 199 g/mol. The number of aliphatic carboxylic acids is 1. The maximum absolute atomic E-state index is 11.1. The molecule has 0 aromatic rings. The summed E-state index contributed by atoms with van der Waals surface area (Å²) in [4.78, 5) is 22.9. The number of carbonyl (C=O) groups excluding carboxylic acids is 1. The molecule has 3 atom stereocenters. The molecule has 0 aromatic heterocycles. The molecule has 1 aliphatic carbocycles. The molecule has 0 radical (unpaired) electrons. The van der Waals surface area contributed by atoms with E-state index in [2.05, 4.69) is 0 Å². The molecule has 5 heteroatoms. The molecular formula is C9H13NO4. The lowest BCUT2D eigenvalue weighted by molar-refractivity contribution is -0.155. The molecule has 78 valence electrons. The molecule has 0 spiro atoms. The average Bonchev–Trinajstić information content (AvgIpc) is 2.67. The zero-order chi connectivity index (χ0) is 10.3. The highest BCUT2D eigenvalue weighted by Crippen LogP contribution is 2.37. The van der Waals surface area contributed by atoms with Crippen LogP contribution in [0.25, 0.3) is 0 Å². The van der Waals surface area contributed by atoms with Crippen LogP contribution in [0.2, 0.25) is 0 Å². The van der Waals surface area contributed by atoms with Crippen LogP contribution < -0.4 is 0 Å². The standard InChI is InChI=1S/C9H13NO4/c11-7-2-1-5-3-10(4-6(5)7)8(12)9(13)14/h5-7,11H,1-4H2,(H,13,14). The van der Waals surface area contributed by atoms with Crippen molar-refractivity contribution in [1.29, 1.82) is 0 Å². The second-order valence-corrected chi connectivity index (χ2v) is 4.08. The number of carbonyl (C=O) groups is 2. The van der Waals surface area contributed by atoms with Gasteiger partial charge in [0.25, 0.3) is 0 Å². The van der Waals surface area contributed by atoms with E-state index in [1.54, 1.807) is 0 Å². The monoisotopic (exact) mass is 199 g/mol. The van der Waals surface area contributed by atoms with E-state index in [1.165, 1.54) is 4.90 Å². The van der Waals surface area contributed by atoms with Crippen LogP contribution in [0, 0.1) is 11.8 Å². The summed E-state index contributed by atoms with van der Waals surface area (Å²) in [6.45, 7) is 0.893. The Morgan fingerprint density at radius 3 is 2.50 bits per heavy atom. The van der Waals surface area contributed by atoms with Crippen molar-refractivity contribution in [3.63, 3.8) is 0 Å². The first-order valence-corrected chi connectivity index (χ1v) is 4.80. The predicted molar refractivity (Wildman–Crippen MR) is 46.4 cm³/mol. The molecule has 1 saturated heterocycles.